The van der Waals surface area contributed by atoms with E-state index in [2.05, 4.69) is 74.1 Å². The van der Waals surface area contributed by atoms with Crippen LogP contribution in [-0.2, 0) is 94.6 Å². The smallest absolute Gasteiger partial charge is 0.327 e. The predicted octanol–water partition coefficient (Wildman–Crippen LogP) is -3.04. The Bertz CT molecular complexity index is 3990. The monoisotopic (exact) mass is 1560 g/mol. The highest BCUT2D eigenvalue weighted by Gasteiger charge is 2.40. The van der Waals surface area contributed by atoms with Crippen LogP contribution in [0.2, 0.25) is 0 Å². The van der Waals surface area contributed by atoms with E-state index < -0.39 is 200 Å². The minimum atomic E-state index is -2.03. The lowest BCUT2D eigenvalue weighted by Gasteiger charge is -2.29. The molecule has 1 aromatic heterocycles. The lowest BCUT2D eigenvalue weighted by atomic mass is 9.99. The minimum Gasteiger partial charge on any atom is -0.508 e. The molecule has 3 heterocycles. The van der Waals surface area contributed by atoms with Gasteiger partial charge >= 0.3 is 5.97 Å². The highest BCUT2D eigenvalue weighted by atomic mass is 33.1. The zero-order valence-corrected chi connectivity index (χ0v) is 63.0. The molecule has 7 rings (SSSR count). The van der Waals surface area contributed by atoms with Crippen molar-refractivity contribution in [1.29, 1.82) is 0 Å². The number of aliphatic hydroxyl groups excluding tert-OH is 3. The van der Waals surface area contributed by atoms with Crippen molar-refractivity contribution >= 4 is 109 Å². The second-order valence-corrected chi connectivity index (χ2v) is 29.9. The number of aliphatic carboxylic acids is 1. The van der Waals surface area contributed by atoms with Crippen molar-refractivity contribution in [2.75, 3.05) is 31.2 Å². The molecule has 2 saturated heterocycles. The van der Waals surface area contributed by atoms with Crippen LogP contribution in [0.3, 0.4) is 0 Å². The van der Waals surface area contributed by atoms with Gasteiger partial charge in [0.05, 0.1) is 24.9 Å². The first-order chi connectivity index (χ1) is 52.5. The zero-order chi connectivity index (χ0) is 80.1. The van der Waals surface area contributed by atoms with Gasteiger partial charge < -0.3 is 111 Å². The van der Waals surface area contributed by atoms with E-state index >= 15 is 24.0 Å². The number of phenols is 1. The molecule has 34 nitrogen and oxygen atoms in total. The van der Waals surface area contributed by atoms with Gasteiger partial charge in [-0.15, -0.1) is 0 Å². The number of hydrogen-bond acceptors (Lipinski definition) is 22. The topological polar surface area (TPSA) is 547 Å². The number of carbonyl (C=O) groups is 13. The van der Waals surface area contributed by atoms with Gasteiger partial charge in [0.15, 0.2) is 0 Å². The Morgan fingerprint density at radius 2 is 1.05 bits per heavy atom. The average Bonchev–Trinajstić information content (AvgIpc) is 1.27. The number of rotatable bonds is 21. The SMILES string of the molecule is CC(C)NCc1ccc(C[C@@H]2NC(=O)[C@@H](Cc3c[nH]c4ccccc34)NC(=O)[C@H](Cc3ccccc3)NC(=O)[C@@H]3CCC(=O)NCC[C@H](NC(=O)[C@H]([C@@H](C)O)NC2=O)C(=O)N[C@@H]([C@@H](C)O)C(=O)N[C@@H](CO)C(=O)N[C@H](C(=O)O)CSSC[C@H](NC(=O)[C@@H](N)Cc2ccc(O)cc2)C(=O)N[C@@H](CCCCN)C(=O)N3)cc1. The summed E-state index contributed by atoms with van der Waals surface area (Å²) < 4.78 is 0. The minimum absolute atomic E-state index is 0.0633. The van der Waals surface area contributed by atoms with E-state index in [-0.39, 0.29) is 62.6 Å². The lowest BCUT2D eigenvalue weighted by molar-refractivity contribution is -0.142. The number of nitrogens with two attached hydrogens (primary N) is 2. The fourth-order valence-electron chi connectivity index (χ4n) is 11.9. The number of phenolic OH excluding ortho intramolecular Hbond substituents is 1. The highest BCUT2D eigenvalue weighted by Crippen LogP contribution is 2.25. The Balaban J connectivity index is 1.36. The standard InChI is InChI=1S/C74H100N16O18S2/c1-39(2)78-34-45-19-17-44(18-20-45)32-55-69(102)90-61(40(3)92)72(105)82-53-27-29-77-60(95)26-25-52(65(98)83-54(31-42-12-6-5-7-13-42)67(100)85-56(68(101)84-55)33-46-35-79-50-15-9-8-14-48(46)50)81-64(97)51(16-10-11-28-75)80-71(104)58(87-63(96)49(76)30-43-21-23-47(94)24-22-43)37-109-110-38-59(74(107)108)88-70(103)57(36-91)86-73(106)62(41(4)93)89-66(53)99/h5-9,12-15,17-24,35,39-41,49,51-59,61-62,78-79,91-94H,10-11,16,25-34,36-38,75-76H2,1-4H3,(H,77,95)(H,80,104)(H,81,97)(H,82,105)(H,83,98)(H,84,101)(H,85,100)(H,86,106)(H,87,96)(H,88,103)(H,89,99)(H,90,102)(H,107,108)/t40-,41-,49+,51+,52+,53+,54+,55+,56-,57+,58+,59+,61+,62+/m1/s1. The summed E-state index contributed by atoms with van der Waals surface area (Å²) in [5.74, 6) is -15.4. The molecule has 0 unspecified atom stereocenters. The number of carbonyl (C=O) groups excluding carboxylic acids is 12. The number of fused-ring (bicyclic) bond motifs is 8. The molecule has 2 aliphatic heterocycles. The molecule has 0 saturated carbocycles. The molecule has 0 aliphatic carbocycles. The number of nitrogens with one attached hydrogen (secondary N) is 14. The highest BCUT2D eigenvalue weighted by molar-refractivity contribution is 8.76. The Hall–Kier alpha value is -10.2. The number of amides is 12. The third-order valence-corrected chi connectivity index (χ3v) is 20.6. The number of aromatic amines is 1. The van der Waals surface area contributed by atoms with Crippen molar-refractivity contribution in [1.82, 2.24) is 74.1 Å². The van der Waals surface area contributed by atoms with Crippen LogP contribution in [0, 0.1) is 0 Å². The van der Waals surface area contributed by atoms with Gasteiger partial charge in [-0.05, 0) is 105 Å². The molecule has 4 aromatic carbocycles. The first-order valence-corrected chi connectivity index (χ1v) is 38.7. The molecule has 5 aromatic rings. The van der Waals surface area contributed by atoms with Crippen molar-refractivity contribution in [3.63, 3.8) is 0 Å². The van der Waals surface area contributed by atoms with Gasteiger partial charge in [-0.3, -0.25) is 57.5 Å². The molecule has 2 bridgehead atoms. The van der Waals surface area contributed by atoms with Crippen LogP contribution >= 0.6 is 21.6 Å². The van der Waals surface area contributed by atoms with E-state index in [0.29, 0.717) is 46.1 Å². The number of carboxylic acid groups (broad SMARTS) is 1. The maximum absolute atomic E-state index is 15.4. The second kappa shape index (κ2) is 43.3. The number of benzene rings is 4. The fourth-order valence-corrected chi connectivity index (χ4v) is 14.2. The maximum atomic E-state index is 15.4. The lowest BCUT2D eigenvalue weighted by Crippen LogP contribution is -2.63. The van der Waals surface area contributed by atoms with Gasteiger partial charge in [0.25, 0.3) is 0 Å². The van der Waals surface area contributed by atoms with Crippen LogP contribution in [0.15, 0.2) is 109 Å². The van der Waals surface area contributed by atoms with Crippen molar-refractivity contribution in [3.8, 4) is 5.75 Å². The largest absolute Gasteiger partial charge is 0.508 e. The molecule has 0 spiro atoms. The second-order valence-electron chi connectivity index (χ2n) is 27.3. The molecule has 110 heavy (non-hydrogen) atoms. The number of aromatic nitrogens is 1. The van der Waals surface area contributed by atoms with Crippen LogP contribution in [0.25, 0.3) is 10.9 Å². The number of hydrogen-bond donors (Lipinski definition) is 21. The van der Waals surface area contributed by atoms with Gasteiger partial charge in [0.2, 0.25) is 70.9 Å². The van der Waals surface area contributed by atoms with E-state index in [4.69, 9.17) is 11.5 Å². The first kappa shape index (κ1) is 87.0. The number of carboxylic acids is 1. The first-order valence-electron chi connectivity index (χ1n) is 36.2. The molecule has 2 fully saturated rings. The molecule has 12 amide bonds. The molecule has 2 aliphatic rings. The summed E-state index contributed by atoms with van der Waals surface area (Å²) in [4.78, 5) is 193. The van der Waals surface area contributed by atoms with Crippen LogP contribution in [0.4, 0.5) is 0 Å². The summed E-state index contributed by atoms with van der Waals surface area (Å²) in [6, 6.07) is 7.71. The van der Waals surface area contributed by atoms with Crippen LogP contribution in [0.1, 0.15) is 94.0 Å². The Morgan fingerprint density at radius 3 is 1.68 bits per heavy atom. The van der Waals surface area contributed by atoms with E-state index in [1.165, 1.54) is 24.3 Å². The van der Waals surface area contributed by atoms with E-state index in [1.54, 1.807) is 85.1 Å². The van der Waals surface area contributed by atoms with Crippen LogP contribution in [0.5, 0.6) is 5.75 Å². The normalized spacial score (nSPS) is 24.3. The van der Waals surface area contributed by atoms with Crippen molar-refractivity contribution in [3.05, 3.63) is 137 Å². The molecular formula is C74H100N16O18S2. The molecule has 0 radical (unpaired) electrons. The molecular weight excluding hydrogens is 1470 g/mol. The summed E-state index contributed by atoms with van der Waals surface area (Å²) in [6.07, 6.45) is -4.34. The Labute approximate surface area is 643 Å². The summed E-state index contributed by atoms with van der Waals surface area (Å²) >= 11 is 0. The number of H-pyrrole nitrogens is 1. The third-order valence-electron chi connectivity index (χ3n) is 18.2. The average molecular weight is 1570 g/mol. The van der Waals surface area contributed by atoms with Crippen LogP contribution in [-0.4, -0.2) is 229 Å². The van der Waals surface area contributed by atoms with Gasteiger partial charge in [0, 0.05) is 73.4 Å². The van der Waals surface area contributed by atoms with Gasteiger partial charge in [-0.1, -0.05) is 120 Å². The summed E-state index contributed by atoms with van der Waals surface area (Å²) in [5, 5.41) is 87.6. The number of unbranched alkanes of at least 4 members (excludes halogenated alkanes) is 1. The quantitative estimate of drug-likeness (QED) is 0.0257. The van der Waals surface area contributed by atoms with Gasteiger partial charge in [-0.2, -0.15) is 0 Å². The molecule has 36 heteroatoms. The van der Waals surface area contributed by atoms with E-state index in [1.807, 2.05) is 13.8 Å². The summed E-state index contributed by atoms with van der Waals surface area (Å²) in [5.41, 5.74) is 15.8. The Morgan fingerprint density at radius 1 is 0.545 bits per heavy atom. The predicted molar refractivity (Wildman–Crippen MR) is 408 cm³/mol. The van der Waals surface area contributed by atoms with E-state index in [0.717, 1.165) is 41.0 Å². The van der Waals surface area contributed by atoms with Crippen molar-refractivity contribution < 1.29 is 87.9 Å². The number of aliphatic hydroxyl groups is 3. The fraction of sp³-hybridized carbons (Fsp3) is 0.473. The number of para-hydroxylation sites is 1. The van der Waals surface area contributed by atoms with E-state index in [9.17, 15) is 63.9 Å². The molecule has 23 N–H and O–H groups in total. The zero-order valence-electron chi connectivity index (χ0n) is 61.4. The van der Waals surface area contributed by atoms with Gasteiger partial charge in [-0.25, -0.2) is 4.79 Å². The third kappa shape index (κ3) is 27.1. The Kier molecular flexibility index (Phi) is 34.2. The molecule has 596 valence electrons. The van der Waals surface area contributed by atoms with Crippen LogP contribution < -0.4 is 80.6 Å². The summed E-state index contributed by atoms with van der Waals surface area (Å²) in [6.45, 7) is 5.03. The van der Waals surface area contributed by atoms with Gasteiger partial charge in [0.1, 0.15) is 72.2 Å². The molecule has 14 atom stereocenters. The maximum Gasteiger partial charge on any atom is 0.327 e. The summed E-state index contributed by atoms with van der Waals surface area (Å²) in [7, 11) is 1.61. The van der Waals surface area contributed by atoms with Crippen molar-refractivity contribution in [2.24, 2.45) is 11.5 Å². The number of aromatic hydroxyl groups is 1. The van der Waals surface area contributed by atoms with Crippen molar-refractivity contribution in [2.45, 2.75) is 189 Å².